The van der Waals surface area contributed by atoms with Crippen molar-refractivity contribution in [2.24, 2.45) is 0 Å². The number of hydrogen-bond acceptors (Lipinski definition) is 3. The lowest BCUT2D eigenvalue weighted by molar-refractivity contribution is -0.137. The molecule has 2 rings (SSSR count). The van der Waals surface area contributed by atoms with Gasteiger partial charge in [-0.2, -0.15) is 13.2 Å². The van der Waals surface area contributed by atoms with E-state index >= 15 is 0 Å². The molecule has 0 spiro atoms. The fraction of sp³-hybridized carbons (Fsp3) is 0.500. The van der Waals surface area contributed by atoms with Gasteiger partial charge in [0, 0.05) is 26.1 Å². The average Bonchev–Trinajstić information content (AvgIpc) is 3.00. The topological polar surface area (TPSA) is 66.5 Å². The van der Waals surface area contributed by atoms with Gasteiger partial charge in [0.05, 0.1) is 15.5 Å². The maximum atomic E-state index is 12.8. The molecule has 1 saturated heterocycles. The Hall–Kier alpha value is -1.32. The van der Waals surface area contributed by atoms with Crippen LogP contribution in [0.2, 0.25) is 5.02 Å². The Kier molecular flexibility index (Phi) is 5.77. The Morgan fingerprint density at radius 3 is 2.46 bits per heavy atom. The van der Waals surface area contributed by atoms with Crippen molar-refractivity contribution in [3.05, 3.63) is 28.8 Å². The number of carbonyl (C=O) groups is 1. The molecule has 0 radical (unpaired) electrons. The van der Waals surface area contributed by atoms with Crippen molar-refractivity contribution in [1.82, 2.24) is 9.62 Å². The van der Waals surface area contributed by atoms with Gasteiger partial charge in [-0.3, -0.25) is 4.79 Å². The molecule has 1 aromatic carbocycles. The highest BCUT2D eigenvalue weighted by Gasteiger charge is 2.34. The Balaban J connectivity index is 2.03. The first-order valence-corrected chi connectivity index (χ1v) is 9.11. The summed E-state index contributed by atoms with van der Waals surface area (Å²) in [5, 5.41) is -0.578. The summed E-state index contributed by atoms with van der Waals surface area (Å²) in [5.74, 6) is -0.178. The second-order valence-corrected chi connectivity index (χ2v) is 7.55. The quantitative estimate of drug-likeness (QED) is 0.848. The van der Waals surface area contributed by atoms with E-state index in [0.29, 0.717) is 19.2 Å². The summed E-state index contributed by atoms with van der Waals surface area (Å²) in [5.41, 5.74) is -1.22. The van der Waals surface area contributed by atoms with Gasteiger partial charge in [-0.15, -0.1) is 0 Å². The predicted molar refractivity (Wildman–Crippen MR) is 82.1 cm³/mol. The van der Waals surface area contributed by atoms with E-state index in [9.17, 15) is 26.4 Å². The van der Waals surface area contributed by atoms with Gasteiger partial charge >= 0.3 is 6.18 Å². The molecule has 5 nitrogen and oxygen atoms in total. The number of halogens is 4. The summed E-state index contributed by atoms with van der Waals surface area (Å²) in [6.07, 6.45) is -2.96. The highest BCUT2D eigenvalue weighted by Crippen LogP contribution is 2.35. The van der Waals surface area contributed by atoms with Crippen LogP contribution in [-0.2, 0) is 21.0 Å². The van der Waals surface area contributed by atoms with Crippen LogP contribution >= 0.6 is 11.6 Å². The van der Waals surface area contributed by atoms with Gasteiger partial charge in [0.2, 0.25) is 15.9 Å². The lowest BCUT2D eigenvalue weighted by atomic mass is 10.2. The molecule has 24 heavy (non-hydrogen) atoms. The lowest BCUT2D eigenvalue weighted by Crippen LogP contribution is -2.32. The van der Waals surface area contributed by atoms with Gasteiger partial charge < -0.3 is 4.90 Å². The molecule has 1 N–H and O–H groups in total. The van der Waals surface area contributed by atoms with Gasteiger partial charge in [0.15, 0.2) is 0 Å². The Labute approximate surface area is 142 Å². The first-order chi connectivity index (χ1) is 11.1. The maximum Gasteiger partial charge on any atom is 0.417 e. The number of nitrogens with zero attached hydrogens (tertiary/aromatic N) is 1. The highest BCUT2D eigenvalue weighted by atomic mass is 35.5. The first-order valence-electron chi connectivity index (χ1n) is 7.25. The zero-order chi connectivity index (χ0) is 18.0. The number of hydrogen-bond donors (Lipinski definition) is 1. The smallest absolute Gasteiger partial charge is 0.343 e. The molecule has 0 unspecified atom stereocenters. The third-order valence-corrected chi connectivity index (χ3v) is 5.43. The van der Waals surface area contributed by atoms with Crippen LogP contribution in [0.4, 0.5) is 13.2 Å². The van der Waals surface area contributed by atoms with Gasteiger partial charge in [-0.25, -0.2) is 13.1 Å². The van der Waals surface area contributed by atoms with E-state index < -0.39 is 31.7 Å². The normalized spacial score (nSPS) is 15.8. The third-order valence-electron chi connectivity index (χ3n) is 3.64. The second-order valence-electron chi connectivity index (χ2n) is 5.38. The van der Waals surface area contributed by atoms with E-state index in [4.69, 9.17) is 11.6 Å². The Bertz CT molecular complexity index is 716. The van der Waals surface area contributed by atoms with Crippen LogP contribution in [0.15, 0.2) is 23.1 Å². The van der Waals surface area contributed by atoms with Crippen LogP contribution in [0.5, 0.6) is 0 Å². The number of benzene rings is 1. The first kappa shape index (κ1) is 19.0. The van der Waals surface area contributed by atoms with Crippen LogP contribution < -0.4 is 4.72 Å². The van der Waals surface area contributed by atoms with Crippen molar-refractivity contribution < 1.29 is 26.4 Å². The van der Waals surface area contributed by atoms with Crippen molar-refractivity contribution in [2.75, 3.05) is 19.6 Å². The number of sulfonamides is 1. The summed E-state index contributed by atoms with van der Waals surface area (Å²) >= 11 is 5.46. The van der Waals surface area contributed by atoms with Gasteiger partial charge in [-0.1, -0.05) is 11.6 Å². The van der Waals surface area contributed by atoms with Gasteiger partial charge in [0.1, 0.15) is 0 Å². The molecule has 1 aliphatic heterocycles. The summed E-state index contributed by atoms with van der Waals surface area (Å²) < 4.78 is 64.7. The Morgan fingerprint density at radius 2 is 1.88 bits per heavy atom. The largest absolute Gasteiger partial charge is 0.417 e. The molecule has 0 saturated carbocycles. The van der Waals surface area contributed by atoms with Gasteiger partial charge in [-0.05, 0) is 31.0 Å². The number of alkyl halides is 3. The average molecular weight is 385 g/mol. The van der Waals surface area contributed by atoms with E-state index in [-0.39, 0.29) is 18.9 Å². The molecule has 0 aliphatic carbocycles. The number of amides is 1. The molecule has 1 amide bonds. The number of likely N-dealkylation sites (tertiary alicyclic amines) is 1. The minimum absolute atomic E-state index is 0.0427. The zero-order valence-corrected chi connectivity index (χ0v) is 14.1. The minimum Gasteiger partial charge on any atom is -0.343 e. The van der Waals surface area contributed by atoms with Crippen LogP contribution in [0.1, 0.15) is 24.8 Å². The molecule has 0 atom stereocenters. The van der Waals surface area contributed by atoms with Crippen LogP contribution in [0.25, 0.3) is 0 Å². The zero-order valence-electron chi connectivity index (χ0n) is 12.6. The number of carbonyl (C=O) groups excluding carboxylic acids is 1. The Morgan fingerprint density at radius 1 is 1.25 bits per heavy atom. The monoisotopic (exact) mass is 384 g/mol. The summed E-state index contributed by atoms with van der Waals surface area (Å²) in [6, 6.07) is 2.35. The molecule has 1 heterocycles. The van der Waals surface area contributed by atoms with Crippen molar-refractivity contribution in [1.29, 1.82) is 0 Å². The van der Waals surface area contributed by atoms with Crippen molar-refractivity contribution in [2.45, 2.75) is 30.3 Å². The standard InChI is InChI=1S/C14H16ClF3N2O3S/c15-12-4-3-10(9-11(12)14(16,17)18)24(22,23)19-6-5-13(21)20-7-1-2-8-20/h3-4,9,19H,1-2,5-8H2. The summed E-state index contributed by atoms with van der Waals surface area (Å²) in [7, 11) is -4.16. The molecule has 1 fully saturated rings. The second kappa shape index (κ2) is 7.28. The van der Waals surface area contributed by atoms with E-state index in [1.165, 1.54) is 0 Å². The SMILES string of the molecule is O=C(CCNS(=O)(=O)c1ccc(Cl)c(C(F)(F)F)c1)N1CCCC1. The molecule has 0 bridgehead atoms. The van der Waals surface area contributed by atoms with Crippen LogP contribution in [0, 0.1) is 0 Å². The molecule has 134 valence electrons. The molecular formula is C14H16ClF3N2O3S. The molecular weight excluding hydrogens is 369 g/mol. The van der Waals surface area contributed by atoms with Gasteiger partial charge in [0.25, 0.3) is 0 Å². The lowest BCUT2D eigenvalue weighted by Gasteiger charge is -2.15. The van der Waals surface area contributed by atoms with E-state index in [2.05, 4.69) is 4.72 Å². The fourth-order valence-corrected chi connectivity index (χ4v) is 3.67. The van der Waals surface area contributed by atoms with Crippen molar-refractivity contribution >= 4 is 27.5 Å². The van der Waals surface area contributed by atoms with E-state index in [1.807, 2.05) is 0 Å². The highest BCUT2D eigenvalue weighted by molar-refractivity contribution is 7.89. The van der Waals surface area contributed by atoms with E-state index in [0.717, 1.165) is 25.0 Å². The molecule has 10 heteroatoms. The predicted octanol–water partition coefficient (Wildman–Crippen LogP) is 2.65. The molecule has 1 aromatic rings. The molecule has 0 aromatic heterocycles. The summed E-state index contributed by atoms with van der Waals surface area (Å²) in [4.78, 5) is 12.9. The molecule has 1 aliphatic rings. The van der Waals surface area contributed by atoms with E-state index in [1.54, 1.807) is 4.90 Å². The van der Waals surface area contributed by atoms with Crippen molar-refractivity contribution in [3.63, 3.8) is 0 Å². The third kappa shape index (κ3) is 4.61. The van der Waals surface area contributed by atoms with Crippen LogP contribution in [-0.4, -0.2) is 38.9 Å². The fourth-order valence-electron chi connectivity index (χ4n) is 2.39. The van der Waals surface area contributed by atoms with Crippen LogP contribution in [0.3, 0.4) is 0 Å². The number of nitrogens with one attached hydrogen (secondary N) is 1. The summed E-state index contributed by atoms with van der Waals surface area (Å²) in [6.45, 7) is 1.12. The number of rotatable bonds is 5. The minimum atomic E-state index is -4.76. The maximum absolute atomic E-state index is 12.8. The van der Waals surface area contributed by atoms with Crippen molar-refractivity contribution in [3.8, 4) is 0 Å².